The van der Waals surface area contributed by atoms with Gasteiger partial charge in [-0.25, -0.2) is 0 Å². The van der Waals surface area contributed by atoms with Gasteiger partial charge >= 0.3 is 0 Å². The first-order chi connectivity index (χ1) is 12.0. The maximum Gasteiger partial charge on any atom is 0.249 e. The fourth-order valence-corrected chi connectivity index (χ4v) is 4.15. The standard InChI is InChI=1S/C20H25N3O2/c1-13-10-14(2)12-16(11-13)20(7-8-20)19-21-18(25-22-19)17-6-4-5-9-23(17)15(3)24/h10-12,17H,4-9H2,1-3H3. The van der Waals surface area contributed by atoms with E-state index < -0.39 is 0 Å². The van der Waals surface area contributed by atoms with Gasteiger partial charge in [0.1, 0.15) is 6.04 Å². The Labute approximate surface area is 148 Å². The van der Waals surface area contributed by atoms with Crippen LogP contribution >= 0.6 is 0 Å². The molecule has 5 nitrogen and oxygen atoms in total. The van der Waals surface area contributed by atoms with E-state index in [-0.39, 0.29) is 17.4 Å². The summed E-state index contributed by atoms with van der Waals surface area (Å²) in [5.41, 5.74) is 3.71. The number of amides is 1. The van der Waals surface area contributed by atoms with E-state index in [4.69, 9.17) is 9.51 Å². The second-order valence-electron chi connectivity index (χ2n) is 7.64. The van der Waals surface area contributed by atoms with Gasteiger partial charge in [-0.05, 0) is 51.5 Å². The van der Waals surface area contributed by atoms with Gasteiger partial charge in [0.15, 0.2) is 5.82 Å². The minimum atomic E-state index is -0.103. The zero-order valence-electron chi connectivity index (χ0n) is 15.2. The van der Waals surface area contributed by atoms with E-state index in [1.165, 1.54) is 16.7 Å². The molecule has 1 aliphatic heterocycles. The number of carbonyl (C=O) groups is 1. The number of benzene rings is 1. The van der Waals surface area contributed by atoms with Crippen LogP contribution in [0.5, 0.6) is 0 Å². The summed E-state index contributed by atoms with van der Waals surface area (Å²) in [7, 11) is 0. The Hall–Kier alpha value is -2.17. The van der Waals surface area contributed by atoms with Crippen molar-refractivity contribution in [1.29, 1.82) is 0 Å². The number of carbonyl (C=O) groups excluding carboxylic acids is 1. The second kappa shape index (κ2) is 5.97. The molecular formula is C20H25N3O2. The summed E-state index contributed by atoms with van der Waals surface area (Å²) in [6, 6.07) is 6.59. The number of aromatic nitrogens is 2. The zero-order chi connectivity index (χ0) is 17.6. The van der Waals surface area contributed by atoms with Crippen LogP contribution in [0.25, 0.3) is 0 Å². The van der Waals surface area contributed by atoms with Crippen LogP contribution in [-0.2, 0) is 10.2 Å². The lowest BCUT2D eigenvalue weighted by molar-refractivity contribution is -0.133. The lowest BCUT2D eigenvalue weighted by Gasteiger charge is -2.32. The largest absolute Gasteiger partial charge is 0.337 e. The molecule has 0 bridgehead atoms. The van der Waals surface area contributed by atoms with E-state index >= 15 is 0 Å². The van der Waals surface area contributed by atoms with Gasteiger partial charge in [-0.15, -0.1) is 0 Å². The topological polar surface area (TPSA) is 59.2 Å². The minimum absolute atomic E-state index is 0.0671. The van der Waals surface area contributed by atoms with Crippen LogP contribution in [0.15, 0.2) is 22.7 Å². The fraction of sp³-hybridized carbons (Fsp3) is 0.550. The molecule has 132 valence electrons. The Balaban J connectivity index is 1.66. The number of nitrogens with zero attached hydrogens (tertiary/aromatic N) is 3. The Bertz CT molecular complexity index is 787. The van der Waals surface area contributed by atoms with Crippen molar-refractivity contribution in [3.05, 3.63) is 46.6 Å². The normalized spacial score (nSPS) is 22.0. The molecule has 2 heterocycles. The number of piperidine rings is 1. The first-order valence-corrected chi connectivity index (χ1v) is 9.20. The molecule has 5 heteroatoms. The highest BCUT2D eigenvalue weighted by atomic mass is 16.5. The van der Waals surface area contributed by atoms with Gasteiger partial charge < -0.3 is 9.42 Å². The molecule has 2 fully saturated rings. The van der Waals surface area contributed by atoms with Crippen molar-refractivity contribution in [1.82, 2.24) is 15.0 Å². The third kappa shape index (κ3) is 2.86. The van der Waals surface area contributed by atoms with Crippen molar-refractivity contribution in [3.63, 3.8) is 0 Å². The lowest BCUT2D eigenvalue weighted by atomic mass is 9.92. The van der Waals surface area contributed by atoms with E-state index in [1.54, 1.807) is 6.92 Å². The molecule has 2 aliphatic rings. The van der Waals surface area contributed by atoms with Crippen molar-refractivity contribution < 1.29 is 9.32 Å². The van der Waals surface area contributed by atoms with Gasteiger partial charge in [0.2, 0.25) is 11.8 Å². The van der Waals surface area contributed by atoms with Gasteiger partial charge in [-0.2, -0.15) is 4.98 Å². The van der Waals surface area contributed by atoms with Gasteiger partial charge in [0.25, 0.3) is 0 Å². The summed E-state index contributed by atoms with van der Waals surface area (Å²) in [5, 5.41) is 4.33. The summed E-state index contributed by atoms with van der Waals surface area (Å²) < 4.78 is 5.64. The molecule has 1 amide bonds. The van der Waals surface area contributed by atoms with Crippen LogP contribution in [0.1, 0.15) is 73.5 Å². The zero-order valence-corrected chi connectivity index (χ0v) is 15.2. The molecule has 0 N–H and O–H groups in total. The Kier molecular flexibility index (Phi) is 3.89. The third-order valence-corrected chi connectivity index (χ3v) is 5.59. The highest BCUT2D eigenvalue weighted by molar-refractivity contribution is 5.73. The van der Waals surface area contributed by atoms with E-state index in [2.05, 4.69) is 37.2 Å². The average molecular weight is 339 g/mol. The molecule has 1 aliphatic carbocycles. The van der Waals surface area contributed by atoms with Crippen LogP contribution < -0.4 is 0 Å². The Morgan fingerprint density at radius 1 is 1.20 bits per heavy atom. The fourth-order valence-electron chi connectivity index (χ4n) is 4.15. The third-order valence-electron chi connectivity index (χ3n) is 5.59. The number of rotatable bonds is 3. The highest BCUT2D eigenvalue weighted by Crippen LogP contribution is 2.53. The van der Waals surface area contributed by atoms with Gasteiger partial charge in [0.05, 0.1) is 5.41 Å². The Morgan fingerprint density at radius 2 is 1.92 bits per heavy atom. The monoisotopic (exact) mass is 339 g/mol. The molecule has 1 unspecified atom stereocenters. The molecule has 1 aromatic carbocycles. The Morgan fingerprint density at radius 3 is 2.56 bits per heavy atom. The van der Waals surface area contributed by atoms with E-state index in [0.717, 1.165) is 44.5 Å². The summed E-state index contributed by atoms with van der Waals surface area (Å²) in [5.74, 6) is 1.46. The van der Waals surface area contributed by atoms with Crippen molar-refractivity contribution in [3.8, 4) is 0 Å². The van der Waals surface area contributed by atoms with E-state index in [9.17, 15) is 4.79 Å². The molecule has 4 rings (SSSR count). The van der Waals surface area contributed by atoms with Crippen LogP contribution in [0.2, 0.25) is 0 Å². The maximum atomic E-state index is 11.9. The number of aryl methyl sites for hydroxylation is 2. The molecule has 0 radical (unpaired) electrons. The van der Waals surface area contributed by atoms with Crippen LogP contribution in [-0.4, -0.2) is 27.5 Å². The van der Waals surface area contributed by atoms with Gasteiger partial charge in [-0.1, -0.05) is 34.5 Å². The molecule has 1 atom stereocenters. The molecule has 0 spiro atoms. The van der Waals surface area contributed by atoms with Crippen LogP contribution in [0, 0.1) is 13.8 Å². The summed E-state index contributed by atoms with van der Waals surface area (Å²) in [4.78, 5) is 18.6. The van der Waals surface area contributed by atoms with E-state index in [0.29, 0.717) is 5.89 Å². The molecule has 2 aromatic rings. The summed E-state index contributed by atoms with van der Waals surface area (Å²) in [6.07, 6.45) is 5.14. The molecule has 25 heavy (non-hydrogen) atoms. The predicted octanol–water partition coefficient (Wildman–Crippen LogP) is 3.84. The number of hydrogen-bond donors (Lipinski definition) is 0. The first kappa shape index (κ1) is 16.3. The van der Waals surface area contributed by atoms with Crippen molar-refractivity contribution in [2.24, 2.45) is 0 Å². The SMILES string of the molecule is CC(=O)N1CCCCC1c1nc(C2(c3cc(C)cc(C)c3)CC2)no1. The molecule has 1 aromatic heterocycles. The van der Waals surface area contributed by atoms with Crippen molar-refractivity contribution in [2.45, 2.75) is 64.3 Å². The van der Waals surface area contributed by atoms with E-state index in [1.807, 2.05) is 4.90 Å². The van der Waals surface area contributed by atoms with Crippen LogP contribution in [0.3, 0.4) is 0 Å². The minimum Gasteiger partial charge on any atom is -0.337 e. The predicted molar refractivity (Wildman–Crippen MR) is 94.2 cm³/mol. The van der Waals surface area contributed by atoms with Gasteiger partial charge in [0, 0.05) is 13.5 Å². The summed E-state index contributed by atoms with van der Waals surface area (Å²) >= 11 is 0. The van der Waals surface area contributed by atoms with Crippen molar-refractivity contribution >= 4 is 5.91 Å². The summed E-state index contributed by atoms with van der Waals surface area (Å²) in [6.45, 7) is 6.65. The van der Waals surface area contributed by atoms with Gasteiger partial charge in [-0.3, -0.25) is 4.79 Å². The quantitative estimate of drug-likeness (QED) is 0.852. The number of hydrogen-bond acceptors (Lipinski definition) is 4. The van der Waals surface area contributed by atoms with Crippen LogP contribution in [0.4, 0.5) is 0 Å². The highest BCUT2D eigenvalue weighted by Gasteiger charge is 2.50. The average Bonchev–Trinajstić information content (AvgIpc) is 3.24. The maximum absolute atomic E-state index is 11.9. The second-order valence-corrected chi connectivity index (χ2v) is 7.64. The smallest absolute Gasteiger partial charge is 0.249 e. The molecule has 1 saturated heterocycles. The lowest BCUT2D eigenvalue weighted by Crippen LogP contribution is -2.37. The first-order valence-electron chi connectivity index (χ1n) is 9.20. The molecular weight excluding hydrogens is 314 g/mol. The number of likely N-dealkylation sites (tertiary alicyclic amines) is 1. The van der Waals surface area contributed by atoms with Crippen molar-refractivity contribution in [2.75, 3.05) is 6.54 Å². The molecule has 1 saturated carbocycles.